The molecule has 0 aromatic rings. The van der Waals surface area contributed by atoms with Crippen LogP contribution in [0.4, 0.5) is 57.1 Å². The molecule has 16 heteroatoms. The molecule has 3 aliphatic rings. The summed E-state index contributed by atoms with van der Waals surface area (Å²) in [6, 6.07) is 0. The van der Waals surface area contributed by atoms with E-state index in [9.17, 15) is 62.2 Å². The van der Waals surface area contributed by atoms with Gasteiger partial charge in [0.15, 0.2) is 11.9 Å². The van der Waals surface area contributed by atoms with Gasteiger partial charge in [-0.05, 0) is 94.8 Å². The molecule has 3 saturated carbocycles. The fraction of sp³-hybridized carbons (Fsp3) is 1.00. The second-order valence-electron chi connectivity index (χ2n) is 13.0. The highest BCUT2D eigenvalue weighted by Gasteiger charge is 2.91. The predicted octanol–water partition coefficient (Wildman–Crippen LogP) is 9.47. The van der Waals surface area contributed by atoms with Crippen molar-refractivity contribution in [1.29, 1.82) is 0 Å². The Hall–Kier alpha value is -1.03. The molecule has 3 fully saturated rings. The molecule has 1 N–H and O–H groups in total. The van der Waals surface area contributed by atoms with Crippen molar-refractivity contribution in [3.05, 3.63) is 0 Å². The summed E-state index contributed by atoms with van der Waals surface area (Å²) in [6.07, 6.45) is -23.2. The van der Waals surface area contributed by atoms with Gasteiger partial charge < -0.3 is 14.6 Å². The van der Waals surface area contributed by atoms with Crippen molar-refractivity contribution in [2.45, 2.75) is 133 Å². The molecule has 0 heterocycles. The number of ether oxygens (including phenoxy) is 2. The highest BCUT2D eigenvalue weighted by molar-refractivity contribution is 5.24. The standard InChI is InChI=1S/C28H39F13O3/c1-5-18(19-8-10-22(14-19,26(33,34)35)44-16(4)43-6-2)11-15(3)20-12-17-7-9-21(20,13-17)23(42,24(29,30)27(36,37)38)25(31,32)28(39,40)41/h15-20,42H,5-14H2,1-4H3. The number of fused-ring (bicyclic) bond motifs is 2. The highest BCUT2D eigenvalue weighted by Crippen LogP contribution is 2.73. The summed E-state index contributed by atoms with van der Waals surface area (Å²) in [7, 11) is 0. The zero-order valence-electron chi connectivity index (χ0n) is 24.7. The van der Waals surface area contributed by atoms with Crippen LogP contribution in [0.2, 0.25) is 0 Å². The van der Waals surface area contributed by atoms with Crippen LogP contribution in [0.5, 0.6) is 0 Å². The van der Waals surface area contributed by atoms with Crippen LogP contribution in [0, 0.1) is 35.0 Å². The van der Waals surface area contributed by atoms with Gasteiger partial charge in [-0.2, -0.15) is 57.1 Å². The summed E-state index contributed by atoms with van der Waals surface area (Å²) in [5.74, 6) is -18.5. The van der Waals surface area contributed by atoms with Crippen LogP contribution in [-0.4, -0.2) is 59.6 Å². The van der Waals surface area contributed by atoms with E-state index in [0.717, 1.165) is 0 Å². The number of aliphatic hydroxyl groups is 1. The van der Waals surface area contributed by atoms with Crippen molar-refractivity contribution in [1.82, 2.24) is 0 Å². The third-order valence-corrected chi connectivity index (χ3v) is 10.7. The molecule has 0 radical (unpaired) electrons. The Labute approximate surface area is 247 Å². The molecule has 3 nitrogen and oxygen atoms in total. The van der Waals surface area contributed by atoms with E-state index in [1.165, 1.54) is 13.8 Å². The Bertz CT molecular complexity index is 969. The maximum atomic E-state index is 15.0. The zero-order valence-corrected chi connectivity index (χ0v) is 24.7. The van der Waals surface area contributed by atoms with Crippen LogP contribution in [-0.2, 0) is 9.47 Å². The van der Waals surface area contributed by atoms with Gasteiger partial charge in [-0.25, -0.2) is 0 Å². The van der Waals surface area contributed by atoms with Gasteiger partial charge in [0.25, 0.3) is 0 Å². The fourth-order valence-corrected chi connectivity index (χ4v) is 8.71. The lowest BCUT2D eigenvalue weighted by molar-refractivity contribution is -0.451. The third-order valence-electron chi connectivity index (χ3n) is 10.7. The molecule has 3 aliphatic carbocycles. The first-order valence-corrected chi connectivity index (χ1v) is 14.8. The maximum absolute atomic E-state index is 15.0. The first kappa shape index (κ1) is 37.4. The molecular formula is C28H39F13O3. The molecule has 44 heavy (non-hydrogen) atoms. The first-order valence-electron chi connectivity index (χ1n) is 14.8. The molecule has 8 atom stereocenters. The summed E-state index contributed by atoms with van der Waals surface area (Å²) in [6.45, 7) is 5.84. The van der Waals surface area contributed by atoms with E-state index in [1.807, 2.05) is 0 Å². The lowest BCUT2D eigenvalue weighted by Crippen LogP contribution is -2.77. The quantitative estimate of drug-likeness (QED) is 0.166. The van der Waals surface area contributed by atoms with E-state index in [-0.39, 0.29) is 38.7 Å². The van der Waals surface area contributed by atoms with Crippen LogP contribution >= 0.6 is 0 Å². The monoisotopic (exact) mass is 670 g/mol. The van der Waals surface area contributed by atoms with Gasteiger partial charge in [0, 0.05) is 12.0 Å². The van der Waals surface area contributed by atoms with Crippen molar-refractivity contribution in [3.63, 3.8) is 0 Å². The van der Waals surface area contributed by atoms with Gasteiger partial charge >= 0.3 is 30.4 Å². The minimum Gasteiger partial charge on any atom is -0.377 e. The van der Waals surface area contributed by atoms with E-state index < -0.39 is 109 Å². The smallest absolute Gasteiger partial charge is 0.377 e. The average molecular weight is 671 g/mol. The predicted molar refractivity (Wildman–Crippen MR) is 131 cm³/mol. The average Bonchev–Trinajstić information content (AvgIpc) is 3.59. The Morgan fingerprint density at radius 3 is 1.77 bits per heavy atom. The molecule has 0 saturated heterocycles. The Balaban J connectivity index is 1.99. The van der Waals surface area contributed by atoms with Gasteiger partial charge in [-0.1, -0.05) is 20.3 Å². The van der Waals surface area contributed by atoms with Crippen LogP contribution in [0.1, 0.15) is 85.5 Å². The number of hydrogen-bond acceptors (Lipinski definition) is 3. The lowest BCUT2D eigenvalue weighted by atomic mass is 9.55. The minimum absolute atomic E-state index is 0.00968. The molecule has 3 rings (SSSR count). The largest absolute Gasteiger partial charge is 0.456 e. The molecular weight excluding hydrogens is 631 g/mol. The SMILES string of the molecule is CCOC(C)OC1(C(F)(F)F)CCC(C(CC)CC(C)C2CC3CCC2(C(O)(C(F)(F)C(F)(F)F)C(F)(F)C(F)(F)F)C3)C1. The van der Waals surface area contributed by atoms with E-state index in [0.29, 0.717) is 0 Å². The van der Waals surface area contributed by atoms with E-state index in [1.54, 1.807) is 13.8 Å². The molecule has 0 amide bonds. The molecule has 260 valence electrons. The topological polar surface area (TPSA) is 38.7 Å². The van der Waals surface area contributed by atoms with E-state index in [4.69, 9.17) is 9.47 Å². The molecule has 0 spiro atoms. The van der Waals surface area contributed by atoms with E-state index >= 15 is 0 Å². The van der Waals surface area contributed by atoms with Gasteiger partial charge in [0.05, 0.1) is 0 Å². The third kappa shape index (κ3) is 5.72. The number of rotatable bonds is 12. The number of halogens is 13. The highest BCUT2D eigenvalue weighted by atomic mass is 19.4. The van der Waals surface area contributed by atoms with Crippen molar-refractivity contribution in [3.8, 4) is 0 Å². The summed E-state index contributed by atoms with van der Waals surface area (Å²) >= 11 is 0. The summed E-state index contributed by atoms with van der Waals surface area (Å²) < 4.78 is 195. The Kier molecular flexibility index (Phi) is 10.1. The molecule has 0 aromatic heterocycles. The molecule has 0 aromatic carbocycles. The van der Waals surface area contributed by atoms with Crippen molar-refractivity contribution >= 4 is 0 Å². The van der Waals surface area contributed by atoms with Gasteiger partial charge in [-0.3, -0.25) is 0 Å². The molecule has 0 aliphatic heterocycles. The van der Waals surface area contributed by atoms with E-state index in [2.05, 4.69) is 0 Å². The Morgan fingerprint density at radius 2 is 1.34 bits per heavy atom. The van der Waals surface area contributed by atoms with Gasteiger partial charge in [-0.15, -0.1) is 0 Å². The molecule has 8 unspecified atom stereocenters. The minimum atomic E-state index is -6.95. The van der Waals surface area contributed by atoms with Crippen LogP contribution in [0.3, 0.4) is 0 Å². The number of hydrogen-bond donors (Lipinski definition) is 1. The van der Waals surface area contributed by atoms with Crippen LogP contribution in [0.15, 0.2) is 0 Å². The summed E-state index contributed by atoms with van der Waals surface area (Å²) in [4.78, 5) is 0. The van der Waals surface area contributed by atoms with Crippen LogP contribution < -0.4 is 0 Å². The van der Waals surface area contributed by atoms with Crippen molar-refractivity contribution in [2.24, 2.45) is 35.0 Å². The molecule has 2 bridgehead atoms. The van der Waals surface area contributed by atoms with Gasteiger partial charge in [0.2, 0.25) is 5.60 Å². The lowest BCUT2D eigenvalue weighted by Gasteiger charge is -2.55. The summed E-state index contributed by atoms with van der Waals surface area (Å²) in [5.41, 5.74) is -11.6. The fourth-order valence-electron chi connectivity index (χ4n) is 8.71. The summed E-state index contributed by atoms with van der Waals surface area (Å²) in [5, 5.41) is 10.8. The van der Waals surface area contributed by atoms with Crippen LogP contribution in [0.25, 0.3) is 0 Å². The first-order chi connectivity index (χ1) is 19.8. The second kappa shape index (κ2) is 11.9. The van der Waals surface area contributed by atoms with Gasteiger partial charge in [0.1, 0.15) is 0 Å². The normalized spacial score (nSPS) is 32.7. The second-order valence-corrected chi connectivity index (χ2v) is 13.0. The van der Waals surface area contributed by atoms with Crippen molar-refractivity contribution < 1.29 is 71.7 Å². The van der Waals surface area contributed by atoms with Crippen molar-refractivity contribution in [2.75, 3.05) is 6.61 Å². The maximum Gasteiger partial charge on any atom is 0.456 e. The zero-order chi connectivity index (χ0) is 33.9. The number of alkyl halides is 13. The Morgan fingerprint density at radius 1 is 0.795 bits per heavy atom.